The Morgan fingerprint density at radius 3 is 2.76 bits per heavy atom. The van der Waals surface area contributed by atoms with Crippen LogP contribution in [-0.4, -0.2) is 23.2 Å². The Kier molecular flexibility index (Phi) is 4.51. The largest absolute Gasteiger partial charge is 0.396 e. The summed E-state index contributed by atoms with van der Waals surface area (Å²) >= 11 is 0. The van der Waals surface area contributed by atoms with Crippen LogP contribution in [0, 0.1) is 5.41 Å². The van der Waals surface area contributed by atoms with E-state index >= 15 is 0 Å². The van der Waals surface area contributed by atoms with Gasteiger partial charge in [-0.2, -0.15) is 0 Å². The predicted octanol–water partition coefficient (Wildman–Crippen LogP) is 3.27. The molecule has 3 nitrogen and oxygen atoms in total. The summed E-state index contributed by atoms with van der Waals surface area (Å²) in [5.41, 5.74) is 1.40. The van der Waals surface area contributed by atoms with E-state index in [1.807, 2.05) is 12.4 Å². The molecule has 3 rings (SSSR count). The Morgan fingerprint density at radius 1 is 1.10 bits per heavy atom. The predicted molar refractivity (Wildman–Crippen MR) is 86.1 cm³/mol. The number of aromatic nitrogens is 1. The first-order valence-electron chi connectivity index (χ1n) is 7.96. The van der Waals surface area contributed by atoms with E-state index in [1.165, 1.54) is 35.6 Å². The van der Waals surface area contributed by atoms with Crippen LogP contribution < -0.4 is 5.32 Å². The van der Waals surface area contributed by atoms with E-state index in [0.29, 0.717) is 6.61 Å². The highest BCUT2D eigenvalue weighted by Crippen LogP contribution is 2.35. The van der Waals surface area contributed by atoms with Crippen LogP contribution >= 0.6 is 0 Å². The minimum absolute atomic E-state index is 0.110. The molecule has 0 radical (unpaired) electrons. The van der Waals surface area contributed by atoms with Crippen molar-refractivity contribution in [3.8, 4) is 0 Å². The molecule has 1 aliphatic rings. The molecular weight excluding hydrogens is 260 g/mol. The standard InChI is InChI=1S/C18H24N2O/c21-14-18(7-2-1-3-8-18)13-20-11-15-4-5-17-12-19-9-6-16(17)10-15/h4-6,9-10,12,20-21H,1-3,7-8,11,13-14H2. The van der Waals surface area contributed by atoms with Crippen LogP contribution in [0.5, 0.6) is 0 Å². The lowest BCUT2D eigenvalue weighted by Crippen LogP contribution is -2.38. The van der Waals surface area contributed by atoms with Crippen molar-refractivity contribution in [3.63, 3.8) is 0 Å². The van der Waals surface area contributed by atoms with E-state index in [1.54, 1.807) is 0 Å². The highest BCUT2D eigenvalue weighted by Gasteiger charge is 2.30. The Hall–Kier alpha value is -1.45. The van der Waals surface area contributed by atoms with Crippen LogP contribution in [0.15, 0.2) is 36.7 Å². The Bertz CT molecular complexity index is 591. The monoisotopic (exact) mass is 284 g/mol. The smallest absolute Gasteiger partial charge is 0.0499 e. The van der Waals surface area contributed by atoms with E-state index < -0.39 is 0 Å². The Morgan fingerprint density at radius 2 is 1.95 bits per heavy atom. The van der Waals surface area contributed by atoms with Gasteiger partial charge in [-0.05, 0) is 35.9 Å². The molecule has 112 valence electrons. The SMILES string of the molecule is OCC1(CNCc2ccc3cnccc3c2)CCCCC1. The molecule has 3 heteroatoms. The molecule has 0 atom stereocenters. The molecule has 1 aromatic heterocycles. The number of fused-ring (bicyclic) bond motifs is 1. The normalized spacial score (nSPS) is 18.0. The van der Waals surface area contributed by atoms with Crippen molar-refractivity contribution in [3.05, 3.63) is 42.2 Å². The third kappa shape index (κ3) is 3.42. The second kappa shape index (κ2) is 6.54. The molecule has 1 fully saturated rings. The topological polar surface area (TPSA) is 45.1 Å². The minimum atomic E-state index is 0.110. The number of benzene rings is 1. The second-order valence-electron chi connectivity index (χ2n) is 6.38. The first-order chi connectivity index (χ1) is 10.3. The van der Waals surface area contributed by atoms with E-state index in [9.17, 15) is 5.11 Å². The van der Waals surface area contributed by atoms with Gasteiger partial charge in [0.2, 0.25) is 0 Å². The lowest BCUT2D eigenvalue weighted by Gasteiger charge is -2.35. The summed E-state index contributed by atoms with van der Waals surface area (Å²) in [6.45, 7) is 2.08. The highest BCUT2D eigenvalue weighted by molar-refractivity contribution is 5.81. The van der Waals surface area contributed by atoms with Crippen LogP contribution in [-0.2, 0) is 6.54 Å². The Labute approximate surface area is 126 Å². The highest BCUT2D eigenvalue weighted by atomic mass is 16.3. The van der Waals surface area contributed by atoms with Gasteiger partial charge in [-0.25, -0.2) is 0 Å². The second-order valence-corrected chi connectivity index (χ2v) is 6.38. The van der Waals surface area contributed by atoms with Crippen LogP contribution in [0.4, 0.5) is 0 Å². The first kappa shape index (κ1) is 14.5. The molecule has 1 heterocycles. The number of nitrogens with zero attached hydrogens (tertiary/aromatic N) is 1. The average Bonchev–Trinajstić information content (AvgIpc) is 2.55. The van der Waals surface area contributed by atoms with Gasteiger partial charge >= 0.3 is 0 Å². The van der Waals surface area contributed by atoms with Gasteiger partial charge in [0.25, 0.3) is 0 Å². The summed E-state index contributed by atoms with van der Waals surface area (Å²) in [6.07, 6.45) is 9.87. The third-order valence-corrected chi connectivity index (χ3v) is 4.78. The Balaban J connectivity index is 1.60. The van der Waals surface area contributed by atoms with Crippen molar-refractivity contribution in [2.45, 2.75) is 38.6 Å². The minimum Gasteiger partial charge on any atom is -0.396 e. The van der Waals surface area contributed by atoms with Crippen molar-refractivity contribution >= 4 is 10.8 Å². The van der Waals surface area contributed by atoms with Crippen molar-refractivity contribution in [2.24, 2.45) is 5.41 Å². The zero-order valence-corrected chi connectivity index (χ0v) is 12.5. The zero-order chi connectivity index (χ0) is 14.5. The van der Waals surface area contributed by atoms with Crippen LogP contribution in [0.3, 0.4) is 0 Å². The maximum absolute atomic E-state index is 9.73. The van der Waals surface area contributed by atoms with Gasteiger partial charge in [0, 0.05) is 42.9 Å². The third-order valence-electron chi connectivity index (χ3n) is 4.78. The van der Waals surface area contributed by atoms with Gasteiger partial charge in [-0.15, -0.1) is 0 Å². The number of rotatable bonds is 5. The molecule has 1 aliphatic carbocycles. The fraction of sp³-hybridized carbons (Fsp3) is 0.500. The summed E-state index contributed by atoms with van der Waals surface area (Å²) in [4.78, 5) is 4.14. The van der Waals surface area contributed by atoms with Crippen molar-refractivity contribution in [1.82, 2.24) is 10.3 Å². The molecule has 0 amide bonds. The fourth-order valence-corrected chi connectivity index (χ4v) is 3.41. The van der Waals surface area contributed by atoms with E-state index in [0.717, 1.165) is 25.9 Å². The van der Waals surface area contributed by atoms with Gasteiger partial charge in [-0.3, -0.25) is 4.98 Å². The average molecular weight is 284 g/mol. The van der Waals surface area contributed by atoms with E-state index in [2.05, 4.69) is 34.6 Å². The molecule has 0 unspecified atom stereocenters. The lowest BCUT2D eigenvalue weighted by atomic mass is 9.74. The first-order valence-corrected chi connectivity index (χ1v) is 7.96. The van der Waals surface area contributed by atoms with Crippen LogP contribution in [0.2, 0.25) is 0 Å². The molecule has 2 aromatic rings. The summed E-state index contributed by atoms with van der Waals surface area (Å²) in [7, 11) is 0. The van der Waals surface area contributed by atoms with Gasteiger partial charge < -0.3 is 10.4 Å². The molecule has 21 heavy (non-hydrogen) atoms. The molecular formula is C18H24N2O. The number of pyridine rings is 1. The van der Waals surface area contributed by atoms with Crippen LogP contribution in [0.1, 0.15) is 37.7 Å². The van der Waals surface area contributed by atoms with Crippen molar-refractivity contribution < 1.29 is 5.11 Å². The quantitative estimate of drug-likeness (QED) is 0.885. The maximum Gasteiger partial charge on any atom is 0.0499 e. The summed E-state index contributed by atoms with van der Waals surface area (Å²) in [6, 6.07) is 8.55. The van der Waals surface area contributed by atoms with Gasteiger partial charge in [0.05, 0.1) is 0 Å². The molecule has 1 saturated carbocycles. The number of hydrogen-bond donors (Lipinski definition) is 2. The fourth-order valence-electron chi connectivity index (χ4n) is 3.41. The van der Waals surface area contributed by atoms with E-state index in [4.69, 9.17) is 0 Å². The summed E-state index contributed by atoms with van der Waals surface area (Å²) < 4.78 is 0. The van der Waals surface area contributed by atoms with Gasteiger partial charge in [-0.1, -0.05) is 31.4 Å². The van der Waals surface area contributed by atoms with Gasteiger partial charge in [0.15, 0.2) is 0 Å². The zero-order valence-electron chi connectivity index (χ0n) is 12.5. The number of aliphatic hydroxyl groups is 1. The molecule has 0 bridgehead atoms. The molecule has 0 saturated heterocycles. The van der Waals surface area contributed by atoms with E-state index in [-0.39, 0.29) is 5.41 Å². The molecule has 2 N–H and O–H groups in total. The number of nitrogens with one attached hydrogen (secondary N) is 1. The number of hydrogen-bond acceptors (Lipinski definition) is 3. The molecule has 1 aromatic carbocycles. The molecule has 0 spiro atoms. The summed E-state index contributed by atoms with van der Waals surface area (Å²) in [5.74, 6) is 0. The summed E-state index contributed by atoms with van der Waals surface area (Å²) in [5, 5.41) is 15.7. The van der Waals surface area contributed by atoms with Gasteiger partial charge in [0.1, 0.15) is 0 Å². The van der Waals surface area contributed by atoms with Crippen LogP contribution in [0.25, 0.3) is 10.8 Å². The maximum atomic E-state index is 9.73. The lowest BCUT2D eigenvalue weighted by molar-refractivity contribution is 0.0810. The van der Waals surface area contributed by atoms with Crippen molar-refractivity contribution in [1.29, 1.82) is 0 Å². The van der Waals surface area contributed by atoms with Crippen molar-refractivity contribution in [2.75, 3.05) is 13.2 Å². The number of aliphatic hydroxyl groups excluding tert-OH is 1. The molecule has 0 aliphatic heterocycles.